The number of guanidine groups is 1. The highest BCUT2D eigenvalue weighted by Crippen LogP contribution is 2.17. The van der Waals surface area contributed by atoms with Crippen LogP contribution in [0, 0.1) is 6.92 Å². The van der Waals surface area contributed by atoms with Gasteiger partial charge in [-0.3, -0.25) is 9.67 Å². The number of nitrogens with one attached hydrogen (secondary N) is 2. The van der Waals surface area contributed by atoms with Crippen LogP contribution in [-0.2, 0) is 13.0 Å². The second-order valence-corrected chi connectivity index (χ2v) is 5.27. The van der Waals surface area contributed by atoms with Crippen LogP contribution in [0.25, 0.3) is 0 Å². The Morgan fingerprint density at radius 3 is 2.67 bits per heavy atom. The second-order valence-electron chi connectivity index (χ2n) is 5.27. The molecule has 24 heavy (non-hydrogen) atoms. The average molecular weight is 443 g/mol. The van der Waals surface area contributed by atoms with E-state index < -0.39 is 0 Å². The van der Waals surface area contributed by atoms with E-state index in [1.807, 2.05) is 42.2 Å². The molecular weight excluding hydrogens is 417 g/mol. The number of para-hydroxylation sites is 1. The van der Waals surface area contributed by atoms with Crippen molar-refractivity contribution in [3.05, 3.63) is 47.8 Å². The third-order valence-corrected chi connectivity index (χ3v) is 3.50. The molecule has 0 atom stereocenters. The Labute approximate surface area is 160 Å². The molecule has 0 unspecified atom stereocenters. The minimum atomic E-state index is 0. The van der Waals surface area contributed by atoms with E-state index in [1.54, 1.807) is 14.2 Å². The maximum atomic E-state index is 5.36. The molecule has 132 valence electrons. The number of halogens is 1. The standard InChI is InChI=1S/C17H25N5O.HI/c1-14-12-21-22(13-14)11-10-20-17(18-2)19-9-8-15-6-4-5-7-16(15)23-3;/h4-7,12-13H,8-11H2,1-3H3,(H2,18,19,20);1H. The number of rotatable bonds is 7. The molecule has 0 aliphatic carbocycles. The van der Waals surface area contributed by atoms with Crippen LogP contribution in [0.1, 0.15) is 11.1 Å². The number of hydrogen-bond acceptors (Lipinski definition) is 3. The molecule has 1 aromatic carbocycles. The summed E-state index contributed by atoms with van der Waals surface area (Å²) in [7, 11) is 3.47. The fourth-order valence-electron chi connectivity index (χ4n) is 2.32. The van der Waals surface area contributed by atoms with Gasteiger partial charge in [-0.15, -0.1) is 24.0 Å². The van der Waals surface area contributed by atoms with Crippen LogP contribution in [0.3, 0.4) is 0 Å². The minimum Gasteiger partial charge on any atom is -0.496 e. The highest BCUT2D eigenvalue weighted by atomic mass is 127. The maximum Gasteiger partial charge on any atom is 0.191 e. The largest absolute Gasteiger partial charge is 0.496 e. The Bertz CT molecular complexity index is 641. The average Bonchev–Trinajstić information content (AvgIpc) is 2.99. The molecule has 0 fully saturated rings. The van der Waals surface area contributed by atoms with Crippen LogP contribution in [0.2, 0.25) is 0 Å². The van der Waals surface area contributed by atoms with Crippen LogP contribution in [0.5, 0.6) is 5.75 Å². The predicted molar refractivity (Wildman–Crippen MR) is 108 cm³/mol. The molecule has 2 aromatic rings. The highest BCUT2D eigenvalue weighted by Gasteiger charge is 2.02. The van der Waals surface area contributed by atoms with Crippen molar-refractivity contribution in [1.82, 2.24) is 20.4 Å². The van der Waals surface area contributed by atoms with E-state index in [0.29, 0.717) is 0 Å². The van der Waals surface area contributed by atoms with Crippen molar-refractivity contribution in [2.24, 2.45) is 4.99 Å². The van der Waals surface area contributed by atoms with Crippen molar-refractivity contribution in [2.45, 2.75) is 19.9 Å². The summed E-state index contributed by atoms with van der Waals surface area (Å²) in [6, 6.07) is 8.06. The van der Waals surface area contributed by atoms with Crippen LogP contribution in [-0.4, -0.2) is 43.0 Å². The Kier molecular flexibility index (Phi) is 9.21. The lowest BCUT2D eigenvalue weighted by Gasteiger charge is -2.13. The van der Waals surface area contributed by atoms with Crippen LogP contribution >= 0.6 is 24.0 Å². The summed E-state index contributed by atoms with van der Waals surface area (Å²) in [5.41, 5.74) is 2.36. The van der Waals surface area contributed by atoms with Gasteiger partial charge in [0.2, 0.25) is 0 Å². The van der Waals surface area contributed by atoms with Crippen LogP contribution in [0.4, 0.5) is 0 Å². The number of hydrogen-bond donors (Lipinski definition) is 2. The molecule has 0 radical (unpaired) electrons. The van der Waals surface area contributed by atoms with Crippen LogP contribution < -0.4 is 15.4 Å². The molecule has 0 aliphatic rings. The van der Waals surface area contributed by atoms with Crippen molar-refractivity contribution in [2.75, 3.05) is 27.2 Å². The molecule has 6 nitrogen and oxygen atoms in total. The summed E-state index contributed by atoms with van der Waals surface area (Å²) in [6.07, 6.45) is 4.77. The van der Waals surface area contributed by atoms with Gasteiger partial charge in [0, 0.05) is 26.3 Å². The number of ether oxygens (including phenoxy) is 1. The zero-order valence-corrected chi connectivity index (χ0v) is 16.8. The van der Waals surface area contributed by atoms with Crippen molar-refractivity contribution < 1.29 is 4.74 Å². The lowest BCUT2D eigenvalue weighted by Crippen LogP contribution is -2.39. The third-order valence-electron chi connectivity index (χ3n) is 3.50. The first-order valence-electron chi connectivity index (χ1n) is 7.78. The molecule has 7 heteroatoms. The SMILES string of the molecule is CN=C(NCCc1ccccc1OC)NCCn1cc(C)cn1.I. The van der Waals surface area contributed by atoms with Gasteiger partial charge in [0.1, 0.15) is 5.75 Å². The molecule has 1 aromatic heterocycles. The summed E-state index contributed by atoms with van der Waals surface area (Å²) in [6.45, 7) is 4.41. The van der Waals surface area contributed by atoms with E-state index in [1.165, 1.54) is 11.1 Å². The van der Waals surface area contributed by atoms with Crippen LogP contribution in [0.15, 0.2) is 41.7 Å². The number of methoxy groups -OCH3 is 1. The topological polar surface area (TPSA) is 63.5 Å². The van der Waals surface area contributed by atoms with E-state index in [4.69, 9.17) is 4.74 Å². The Hall–Kier alpha value is -1.77. The van der Waals surface area contributed by atoms with E-state index in [9.17, 15) is 0 Å². The predicted octanol–water partition coefficient (Wildman–Crippen LogP) is 2.23. The fraction of sp³-hybridized carbons (Fsp3) is 0.412. The van der Waals surface area contributed by atoms with Crippen molar-refractivity contribution in [1.29, 1.82) is 0 Å². The zero-order chi connectivity index (χ0) is 16.5. The Morgan fingerprint density at radius 1 is 1.25 bits per heavy atom. The van der Waals surface area contributed by atoms with Gasteiger partial charge in [-0.1, -0.05) is 18.2 Å². The van der Waals surface area contributed by atoms with Crippen molar-refractivity contribution in [3.63, 3.8) is 0 Å². The van der Waals surface area contributed by atoms with E-state index in [0.717, 1.165) is 37.8 Å². The number of aliphatic imine (C=N–C) groups is 1. The van der Waals surface area contributed by atoms with Gasteiger partial charge in [-0.05, 0) is 30.5 Å². The first kappa shape index (κ1) is 20.3. The molecule has 0 saturated carbocycles. The summed E-state index contributed by atoms with van der Waals surface area (Å²) in [5.74, 6) is 1.72. The third kappa shape index (κ3) is 6.38. The molecule has 0 bridgehead atoms. The van der Waals surface area contributed by atoms with E-state index >= 15 is 0 Å². The minimum absolute atomic E-state index is 0. The number of aryl methyl sites for hydroxylation is 1. The lowest BCUT2D eigenvalue weighted by molar-refractivity contribution is 0.409. The summed E-state index contributed by atoms with van der Waals surface area (Å²) < 4.78 is 7.28. The maximum absolute atomic E-state index is 5.36. The monoisotopic (exact) mass is 443 g/mol. The van der Waals surface area contributed by atoms with Gasteiger partial charge in [-0.2, -0.15) is 5.10 Å². The normalized spacial score (nSPS) is 10.9. The van der Waals surface area contributed by atoms with Gasteiger partial charge in [0.25, 0.3) is 0 Å². The molecular formula is C17H26IN5O. The molecule has 2 rings (SSSR count). The van der Waals surface area contributed by atoms with Gasteiger partial charge in [0.15, 0.2) is 5.96 Å². The van der Waals surface area contributed by atoms with Crippen molar-refractivity contribution in [3.8, 4) is 5.75 Å². The molecule has 0 amide bonds. The number of aromatic nitrogens is 2. The smallest absolute Gasteiger partial charge is 0.191 e. The molecule has 0 spiro atoms. The molecule has 2 N–H and O–H groups in total. The van der Waals surface area contributed by atoms with Gasteiger partial charge < -0.3 is 15.4 Å². The zero-order valence-electron chi connectivity index (χ0n) is 14.5. The van der Waals surface area contributed by atoms with Gasteiger partial charge in [-0.25, -0.2) is 0 Å². The van der Waals surface area contributed by atoms with Gasteiger partial charge in [0.05, 0.1) is 19.9 Å². The first-order valence-corrected chi connectivity index (χ1v) is 7.78. The molecule has 0 aliphatic heterocycles. The van der Waals surface area contributed by atoms with Gasteiger partial charge >= 0.3 is 0 Å². The molecule has 1 heterocycles. The lowest BCUT2D eigenvalue weighted by atomic mass is 10.1. The quantitative estimate of drug-likeness (QED) is 0.392. The Morgan fingerprint density at radius 2 is 2.00 bits per heavy atom. The highest BCUT2D eigenvalue weighted by molar-refractivity contribution is 14.0. The van der Waals surface area contributed by atoms with E-state index in [2.05, 4.69) is 26.8 Å². The number of benzene rings is 1. The first-order chi connectivity index (χ1) is 11.2. The second kappa shape index (κ2) is 10.9. The van der Waals surface area contributed by atoms with E-state index in [-0.39, 0.29) is 24.0 Å². The fourth-order valence-corrected chi connectivity index (χ4v) is 2.32. The van der Waals surface area contributed by atoms with Crippen molar-refractivity contribution >= 4 is 29.9 Å². The summed E-state index contributed by atoms with van der Waals surface area (Å²) in [5, 5.41) is 10.9. The number of nitrogens with zero attached hydrogens (tertiary/aromatic N) is 3. The molecule has 0 saturated heterocycles. The Balaban J connectivity index is 0.00000288. The summed E-state index contributed by atoms with van der Waals surface area (Å²) in [4.78, 5) is 4.23. The summed E-state index contributed by atoms with van der Waals surface area (Å²) >= 11 is 0.